The number of hydrogen-bond donors (Lipinski definition) is 1. The van der Waals surface area contributed by atoms with Gasteiger partial charge < -0.3 is 5.32 Å². The van der Waals surface area contributed by atoms with Gasteiger partial charge in [0.1, 0.15) is 0 Å². The molecule has 1 aliphatic carbocycles. The predicted molar refractivity (Wildman–Crippen MR) is 63.2 cm³/mol. The highest BCUT2D eigenvalue weighted by atomic mass is 19.4. The Morgan fingerprint density at radius 3 is 2.15 bits per heavy atom. The molecule has 20 heavy (non-hydrogen) atoms. The number of nitrogens with one attached hydrogen (secondary N) is 1. The van der Waals surface area contributed by atoms with Crippen LogP contribution in [0.1, 0.15) is 29.9 Å². The lowest BCUT2D eigenvalue weighted by molar-refractivity contribution is -0.141. The van der Waals surface area contributed by atoms with Crippen LogP contribution < -0.4 is 5.32 Å². The molecule has 1 aromatic rings. The second kappa shape index (κ2) is 4.55. The van der Waals surface area contributed by atoms with E-state index in [1.165, 1.54) is 0 Å². The van der Waals surface area contributed by atoms with Crippen LogP contribution in [-0.4, -0.2) is 13.1 Å². The van der Waals surface area contributed by atoms with Crippen LogP contribution in [0.15, 0.2) is 23.3 Å². The summed E-state index contributed by atoms with van der Waals surface area (Å²) in [4.78, 5) is 0. The Morgan fingerprint density at radius 1 is 1.00 bits per heavy atom. The van der Waals surface area contributed by atoms with Crippen molar-refractivity contribution in [1.82, 2.24) is 5.32 Å². The van der Waals surface area contributed by atoms with Gasteiger partial charge in [-0.25, -0.2) is 8.78 Å². The van der Waals surface area contributed by atoms with Crippen LogP contribution in [0.3, 0.4) is 0 Å². The van der Waals surface area contributed by atoms with Crippen molar-refractivity contribution in [3.8, 4) is 0 Å². The first-order valence-corrected chi connectivity index (χ1v) is 6.33. The molecule has 0 amide bonds. The first kappa shape index (κ1) is 13.5. The lowest BCUT2D eigenvalue weighted by Crippen LogP contribution is -2.17. The summed E-state index contributed by atoms with van der Waals surface area (Å²) in [6.07, 6.45) is -3.92. The molecule has 0 unspecified atom stereocenters. The Labute approximate surface area is 112 Å². The third-order valence-electron chi connectivity index (χ3n) is 4.01. The van der Waals surface area contributed by atoms with Gasteiger partial charge in [-0.3, -0.25) is 0 Å². The van der Waals surface area contributed by atoms with Gasteiger partial charge in [0.25, 0.3) is 0 Å². The van der Waals surface area contributed by atoms with E-state index in [9.17, 15) is 22.0 Å². The molecule has 0 atom stereocenters. The van der Waals surface area contributed by atoms with E-state index in [2.05, 4.69) is 5.32 Å². The molecule has 108 valence electrons. The molecular weight excluding hydrogens is 277 g/mol. The van der Waals surface area contributed by atoms with Crippen molar-refractivity contribution in [2.75, 3.05) is 13.1 Å². The zero-order chi connectivity index (χ0) is 14.5. The van der Waals surface area contributed by atoms with Crippen LogP contribution in [0, 0.1) is 11.6 Å². The number of benzene rings is 1. The smallest absolute Gasteiger partial charge is 0.309 e. The average molecular weight is 289 g/mol. The maximum absolute atomic E-state index is 13.6. The fourth-order valence-corrected chi connectivity index (χ4v) is 3.13. The molecule has 0 fully saturated rings. The molecule has 0 aromatic heterocycles. The molecule has 3 rings (SSSR count). The van der Waals surface area contributed by atoms with Crippen molar-refractivity contribution < 1.29 is 22.0 Å². The molecule has 1 N–H and O–H groups in total. The molecule has 1 aliphatic heterocycles. The molecule has 0 saturated heterocycles. The second-order valence-corrected chi connectivity index (χ2v) is 5.24. The quantitative estimate of drug-likeness (QED) is 0.613. The summed E-state index contributed by atoms with van der Waals surface area (Å²) < 4.78 is 65.7. The SMILES string of the molecule is Fc1ccc(C2CC3=C(CNC3)C2)c(C(F)(F)F)c1F. The van der Waals surface area contributed by atoms with Gasteiger partial charge in [-0.05, 0) is 30.4 Å². The minimum atomic E-state index is -4.88. The van der Waals surface area contributed by atoms with Crippen LogP contribution in [-0.2, 0) is 6.18 Å². The van der Waals surface area contributed by atoms with E-state index in [0.717, 1.165) is 23.3 Å². The van der Waals surface area contributed by atoms with Gasteiger partial charge >= 0.3 is 6.18 Å². The second-order valence-electron chi connectivity index (χ2n) is 5.24. The summed E-state index contributed by atoms with van der Waals surface area (Å²) in [7, 11) is 0. The lowest BCUT2D eigenvalue weighted by Gasteiger charge is -2.20. The molecule has 1 nitrogen and oxygen atoms in total. The summed E-state index contributed by atoms with van der Waals surface area (Å²) in [5.74, 6) is -3.66. The van der Waals surface area contributed by atoms with Crippen molar-refractivity contribution in [1.29, 1.82) is 0 Å². The maximum atomic E-state index is 13.6. The largest absolute Gasteiger partial charge is 0.419 e. The van der Waals surface area contributed by atoms with Crippen LogP contribution in [0.2, 0.25) is 0 Å². The Balaban J connectivity index is 2.01. The van der Waals surface area contributed by atoms with E-state index in [1.54, 1.807) is 0 Å². The molecule has 1 heterocycles. The summed E-state index contributed by atoms with van der Waals surface area (Å²) >= 11 is 0. The molecule has 1 aromatic carbocycles. The van der Waals surface area contributed by atoms with Crippen molar-refractivity contribution in [2.45, 2.75) is 24.9 Å². The normalized spacial score (nSPS) is 19.9. The molecule has 0 spiro atoms. The van der Waals surface area contributed by atoms with E-state index in [-0.39, 0.29) is 5.56 Å². The zero-order valence-corrected chi connectivity index (χ0v) is 10.5. The first-order chi connectivity index (χ1) is 9.38. The number of hydrogen-bond acceptors (Lipinski definition) is 1. The van der Waals surface area contributed by atoms with Crippen LogP contribution in [0.25, 0.3) is 0 Å². The predicted octanol–water partition coefficient (Wildman–Crippen LogP) is 3.76. The van der Waals surface area contributed by atoms with Gasteiger partial charge in [-0.1, -0.05) is 17.2 Å². The number of halogens is 5. The van der Waals surface area contributed by atoms with Crippen molar-refractivity contribution in [2.24, 2.45) is 0 Å². The highest BCUT2D eigenvalue weighted by Gasteiger charge is 2.41. The standard InChI is InChI=1S/C14H12F5N/c15-11-2-1-10(12(13(11)16)14(17,18)19)7-3-8-5-20-6-9(8)4-7/h1-2,7,20H,3-6H2. The Morgan fingerprint density at radius 2 is 1.60 bits per heavy atom. The topological polar surface area (TPSA) is 12.0 Å². The Hall–Kier alpha value is -1.43. The molecule has 6 heteroatoms. The molecule has 2 aliphatic rings. The lowest BCUT2D eigenvalue weighted by atomic mass is 9.90. The van der Waals surface area contributed by atoms with Crippen LogP contribution in [0.5, 0.6) is 0 Å². The number of alkyl halides is 3. The van der Waals surface area contributed by atoms with Gasteiger partial charge in [0, 0.05) is 13.1 Å². The monoisotopic (exact) mass is 289 g/mol. The molecule has 0 bridgehead atoms. The van der Waals surface area contributed by atoms with E-state index in [0.29, 0.717) is 25.9 Å². The third-order valence-corrected chi connectivity index (χ3v) is 4.01. The molecule has 0 saturated carbocycles. The third kappa shape index (κ3) is 2.12. The summed E-state index contributed by atoms with van der Waals surface area (Å²) in [6, 6.07) is 1.85. The molecular formula is C14H12F5N. The highest BCUT2D eigenvalue weighted by molar-refractivity contribution is 5.41. The summed E-state index contributed by atoms with van der Waals surface area (Å²) in [5.41, 5.74) is 0.628. The van der Waals surface area contributed by atoms with Gasteiger partial charge in [-0.2, -0.15) is 13.2 Å². The fraction of sp³-hybridized carbons (Fsp3) is 0.429. The fourth-order valence-electron chi connectivity index (χ4n) is 3.13. The molecule has 0 radical (unpaired) electrons. The average Bonchev–Trinajstić information content (AvgIpc) is 2.90. The van der Waals surface area contributed by atoms with Crippen molar-refractivity contribution >= 4 is 0 Å². The van der Waals surface area contributed by atoms with E-state index in [4.69, 9.17) is 0 Å². The van der Waals surface area contributed by atoms with Crippen LogP contribution in [0.4, 0.5) is 22.0 Å². The Bertz CT molecular complexity index is 572. The van der Waals surface area contributed by atoms with Gasteiger partial charge in [0.05, 0.1) is 5.56 Å². The van der Waals surface area contributed by atoms with Gasteiger partial charge in [0.2, 0.25) is 0 Å². The van der Waals surface area contributed by atoms with E-state index in [1.807, 2.05) is 0 Å². The van der Waals surface area contributed by atoms with E-state index >= 15 is 0 Å². The first-order valence-electron chi connectivity index (χ1n) is 6.33. The maximum Gasteiger partial charge on any atom is 0.419 e. The zero-order valence-electron chi connectivity index (χ0n) is 10.5. The minimum Gasteiger partial charge on any atom is -0.309 e. The van der Waals surface area contributed by atoms with Crippen molar-refractivity contribution in [3.05, 3.63) is 46.0 Å². The number of rotatable bonds is 1. The van der Waals surface area contributed by atoms with Gasteiger partial charge in [0.15, 0.2) is 11.6 Å². The summed E-state index contributed by atoms with van der Waals surface area (Å²) in [6.45, 7) is 1.35. The minimum absolute atomic E-state index is 0.134. The van der Waals surface area contributed by atoms with E-state index < -0.39 is 29.3 Å². The van der Waals surface area contributed by atoms with Gasteiger partial charge in [-0.15, -0.1) is 0 Å². The highest BCUT2D eigenvalue weighted by Crippen LogP contribution is 2.45. The Kier molecular flexibility index (Phi) is 3.08. The van der Waals surface area contributed by atoms with Crippen LogP contribution >= 0.6 is 0 Å². The van der Waals surface area contributed by atoms with Crippen molar-refractivity contribution in [3.63, 3.8) is 0 Å². The summed E-state index contributed by atoms with van der Waals surface area (Å²) in [5, 5.41) is 3.13.